The van der Waals surface area contributed by atoms with Crippen LogP contribution in [-0.4, -0.2) is 15.4 Å². The van der Waals surface area contributed by atoms with Crippen LogP contribution in [0.25, 0.3) is 11.7 Å². The number of nitrogens with zero attached hydrogens (tertiary/aromatic N) is 2. The molecular weight excluding hydrogens is 335 g/mol. The summed E-state index contributed by atoms with van der Waals surface area (Å²) in [7, 11) is 0. The molecule has 1 aromatic carbocycles. The Labute approximate surface area is 142 Å². The van der Waals surface area contributed by atoms with Crippen molar-refractivity contribution in [2.24, 2.45) is 0 Å². The Bertz CT molecular complexity index is 887. The smallest absolute Gasteiger partial charge is 0.331 e. The largest absolute Gasteiger partial charge is 0.456 e. The van der Waals surface area contributed by atoms with Gasteiger partial charge in [-0.05, 0) is 35.9 Å². The van der Waals surface area contributed by atoms with Crippen molar-refractivity contribution >= 4 is 40.9 Å². The van der Waals surface area contributed by atoms with E-state index in [1.54, 1.807) is 47.1 Å². The molecule has 2 aromatic heterocycles. The number of benzene rings is 1. The lowest BCUT2D eigenvalue weighted by Crippen LogP contribution is -2.00. The molecule has 6 heteroatoms. The molecule has 0 aliphatic rings. The number of carbonyl (C=O) groups is 1. The standard InChI is InChI=1S/C17H12Cl2N2O2/c18-13-3-1-2-12(8-13)4-7-17(22)23-11-15-10-21-9-14(19)5-6-16(21)20-15/h1-10H,11H2. The Hall–Kier alpha value is -2.30. The van der Waals surface area contributed by atoms with Crippen molar-refractivity contribution in [1.82, 2.24) is 9.38 Å². The minimum Gasteiger partial charge on any atom is -0.456 e. The molecule has 0 saturated heterocycles. The Morgan fingerprint density at radius 2 is 2.04 bits per heavy atom. The molecule has 3 rings (SSSR count). The normalized spacial score (nSPS) is 11.2. The summed E-state index contributed by atoms with van der Waals surface area (Å²) in [4.78, 5) is 16.1. The van der Waals surface area contributed by atoms with Crippen LogP contribution in [0.3, 0.4) is 0 Å². The van der Waals surface area contributed by atoms with Gasteiger partial charge in [-0.3, -0.25) is 0 Å². The molecule has 0 radical (unpaired) electrons. The van der Waals surface area contributed by atoms with Crippen LogP contribution in [0.15, 0.2) is 54.9 Å². The molecule has 0 unspecified atom stereocenters. The summed E-state index contributed by atoms with van der Waals surface area (Å²) in [5.41, 5.74) is 2.23. The number of hydrogen-bond acceptors (Lipinski definition) is 3. The minimum absolute atomic E-state index is 0.0953. The molecule has 0 saturated carbocycles. The zero-order valence-electron chi connectivity index (χ0n) is 11.9. The maximum atomic E-state index is 11.7. The van der Waals surface area contributed by atoms with E-state index in [1.165, 1.54) is 6.08 Å². The molecule has 23 heavy (non-hydrogen) atoms. The van der Waals surface area contributed by atoms with Gasteiger partial charge >= 0.3 is 5.97 Å². The highest BCUT2D eigenvalue weighted by Crippen LogP contribution is 2.13. The SMILES string of the molecule is O=C(C=Cc1cccc(Cl)c1)OCc1cn2cc(Cl)ccc2n1. The highest BCUT2D eigenvalue weighted by Gasteiger charge is 2.04. The van der Waals surface area contributed by atoms with E-state index in [-0.39, 0.29) is 6.61 Å². The monoisotopic (exact) mass is 346 g/mol. The number of pyridine rings is 1. The van der Waals surface area contributed by atoms with Crippen LogP contribution in [0.4, 0.5) is 0 Å². The number of hydrogen-bond donors (Lipinski definition) is 0. The third-order valence-corrected chi connectivity index (χ3v) is 3.55. The van der Waals surface area contributed by atoms with Crippen LogP contribution >= 0.6 is 23.2 Å². The van der Waals surface area contributed by atoms with Crippen molar-refractivity contribution in [2.45, 2.75) is 6.61 Å². The number of rotatable bonds is 4. The van der Waals surface area contributed by atoms with E-state index in [0.717, 1.165) is 11.2 Å². The number of halogens is 2. The van der Waals surface area contributed by atoms with Gasteiger partial charge in [0.2, 0.25) is 0 Å². The van der Waals surface area contributed by atoms with Crippen molar-refractivity contribution in [1.29, 1.82) is 0 Å². The van der Waals surface area contributed by atoms with Gasteiger partial charge < -0.3 is 9.14 Å². The van der Waals surface area contributed by atoms with Crippen LogP contribution in [0.2, 0.25) is 10.0 Å². The molecule has 0 aliphatic carbocycles. The quantitative estimate of drug-likeness (QED) is 0.519. The molecule has 3 aromatic rings. The van der Waals surface area contributed by atoms with Gasteiger partial charge in [0.1, 0.15) is 12.3 Å². The fourth-order valence-electron chi connectivity index (χ4n) is 2.05. The Balaban J connectivity index is 1.61. The summed E-state index contributed by atoms with van der Waals surface area (Å²) in [6.45, 7) is 0.0953. The minimum atomic E-state index is -0.444. The Morgan fingerprint density at radius 1 is 1.17 bits per heavy atom. The van der Waals surface area contributed by atoms with E-state index in [2.05, 4.69) is 4.98 Å². The fourth-order valence-corrected chi connectivity index (χ4v) is 2.42. The Kier molecular flexibility index (Phi) is 4.65. The van der Waals surface area contributed by atoms with E-state index < -0.39 is 5.97 Å². The molecule has 4 nitrogen and oxygen atoms in total. The number of esters is 1. The van der Waals surface area contributed by atoms with E-state index in [0.29, 0.717) is 15.7 Å². The first-order valence-electron chi connectivity index (χ1n) is 6.84. The second kappa shape index (κ2) is 6.86. The van der Waals surface area contributed by atoms with Gasteiger partial charge in [0.15, 0.2) is 0 Å². The first-order chi connectivity index (χ1) is 11.1. The van der Waals surface area contributed by atoms with Crippen molar-refractivity contribution in [3.63, 3.8) is 0 Å². The van der Waals surface area contributed by atoms with Gasteiger partial charge in [-0.25, -0.2) is 9.78 Å². The average Bonchev–Trinajstić information content (AvgIpc) is 2.93. The maximum absolute atomic E-state index is 11.7. The molecule has 0 atom stereocenters. The summed E-state index contributed by atoms with van der Waals surface area (Å²) >= 11 is 11.8. The predicted molar refractivity (Wildman–Crippen MR) is 90.5 cm³/mol. The van der Waals surface area contributed by atoms with Crippen molar-refractivity contribution in [2.75, 3.05) is 0 Å². The summed E-state index contributed by atoms with van der Waals surface area (Å²) in [6, 6.07) is 10.8. The van der Waals surface area contributed by atoms with Gasteiger partial charge in [-0.15, -0.1) is 0 Å². The second-order valence-electron chi connectivity index (χ2n) is 4.84. The number of ether oxygens (including phenoxy) is 1. The van der Waals surface area contributed by atoms with Crippen molar-refractivity contribution in [3.05, 3.63) is 76.2 Å². The average molecular weight is 347 g/mol. The third-order valence-electron chi connectivity index (χ3n) is 3.09. The zero-order valence-corrected chi connectivity index (χ0v) is 13.5. The molecule has 0 bridgehead atoms. The van der Waals surface area contributed by atoms with Gasteiger partial charge in [0.25, 0.3) is 0 Å². The lowest BCUT2D eigenvalue weighted by Gasteiger charge is -1.98. The van der Waals surface area contributed by atoms with Crippen LogP contribution in [0.1, 0.15) is 11.3 Å². The second-order valence-corrected chi connectivity index (χ2v) is 5.71. The van der Waals surface area contributed by atoms with Crippen LogP contribution in [0, 0.1) is 0 Å². The molecule has 2 heterocycles. The maximum Gasteiger partial charge on any atom is 0.331 e. The molecule has 0 N–H and O–H groups in total. The van der Waals surface area contributed by atoms with Gasteiger partial charge in [0.05, 0.1) is 10.7 Å². The van der Waals surface area contributed by atoms with Crippen LogP contribution in [0.5, 0.6) is 0 Å². The molecule has 0 fully saturated rings. The number of fused-ring (bicyclic) bond motifs is 1. The predicted octanol–water partition coefficient (Wildman–Crippen LogP) is 4.40. The molecule has 0 spiro atoms. The van der Waals surface area contributed by atoms with Gasteiger partial charge in [-0.2, -0.15) is 0 Å². The first-order valence-corrected chi connectivity index (χ1v) is 7.59. The van der Waals surface area contributed by atoms with E-state index in [4.69, 9.17) is 27.9 Å². The summed E-state index contributed by atoms with van der Waals surface area (Å²) in [5.74, 6) is -0.444. The number of carbonyl (C=O) groups excluding carboxylic acids is 1. The lowest BCUT2D eigenvalue weighted by atomic mass is 10.2. The van der Waals surface area contributed by atoms with Crippen molar-refractivity contribution < 1.29 is 9.53 Å². The fraction of sp³-hybridized carbons (Fsp3) is 0.0588. The summed E-state index contributed by atoms with van der Waals surface area (Å²) in [5, 5.41) is 1.23. The third kappa shape index (κ3) is 4.12. The van der Waals surface area contributed by atoms with E-state index in [1.807, 2.05) is 12.1 Å². The molecule has 116 valence electrons. The summed E-state index contributed by atoms with van der Waals surface area (Å²) in [6.07, 6.45) is 6.53. The topological polar surface area (TPSA) is 43.6 Å². The zero-order chi connectivity index (χ0) is 16.2. The van der Waals surface area contributed by atoms with E-state index >= 15 is 0 Å². The number of aromatic nitrogens is 2. The van der Waals surface area contributed by atoms with E-state index in [9.17, 15) is 4.79 Å². The summed E-state index contributed by atoms with van der Waals surface area (Å²) < 4.78 is 6.96. The van der Waals surface area contributed by atoms with Gasteiger partial charge in [-0.1, -0.05) is 35.3 Å². The van der Waals surface area contributed by atoms with Crippen molar-refractivity contribution in [3.8, 4) is 0 Å². The van der Waals surface area contributed by atoms with Crippen LogP contribution in [-0.2, 0) is 16.1 Å². The van der Waals surface area contributed by atoms with Gasteiger partial charge in [0, 0.05) is 23.5 Å². The first kappa shape index (κ1) is 15.6. The highest BCUT2D eigenvalue weighted by atomic mass is 35.5. The number of imidazole rings is 1. The Morgan fingerprint density at radius 3 is 2.87 bits per heavy atom. The highest BCUT2D eigenvalue weighted by molar-refractivity contribution is 6.30. The van der Waals surface area contributed by atoms with Crippen LogP contribution < -0.4 is 0 Å². The molecule has 0 amide bonds. The molecular formula is C17H12Cl2N2O2. The molecule has 0 aliphatic heterocycles. The lowest BCUT2D eigenvalue weighted by molar-refractivity contribution is -0.139.